The molecule has 1 heterocycles. The van der Waals surface area contributed by atoms with Crippen molar-refractivity contribution >= 4 is 12.6 Å². The van der Waals surface area contributed by atoms with Gasteiger partial charge < -0.3 is 0 Å². The van der Waals surface area contributed by atoms with Crippen molar-refractivity contribution in [1.29, 1.82) is 0 Å². The Kier molecular flexibility index (Phi) is 3.01. The first-order valence-corrected chi connectivity index (χ1v) is 5.40. The molecular weight excluding hydrogens is 208 g/mol. The van der Waals surface area contributed by atoms with Gasteiger partial charge in [-0.05, 0) is 19.9 Å². The molecule has 3 nitrogen and oxygen atoms in total. The standard InChI is InChI=1S/C11H18N2OS/c1-10(2,3)8-6-7(11(4,5)15)9(14)13-12-8/h6,15H,1-5H3,(H,13,14). The molecule has 0 spiro atoms. The highest BCUT2D eigenvalue weighted by Crippen LogP contribution is 2.27. The van der Waals surface area contributed by atoms with Crippen LogP contribution < -0.4 is 5.56 Å². The molecule has 0 saturated heterocycles. The molecule has 0 unspecified atom stereocenters. The van der Waals surface area contributed by atoms with Gasteiger partial charge in [0.25, 0.3) is 5.56 Å². The van der Waals surface area contributed by atoms with E-state index in [1.165, 1.54) is 0 Å². The summed E-state index contributed by atoms with van der Waals surface area (Å²) < 4.78 is -0.448. The zero-order chi connectivity index (χ0) is 11.9. The van der Waals surface area contributed by atoms with E-state index in [2.05, 4.69) is 43.6 Å². The second kappa shape index (κ2) is 3.67. The number of aromatic amines is 1. The van der Waals surface area contributed by atoms with E-state index in [0.29, 0.717) is 5.56 Å². The first-order valence-electron chi connectivity index (χ1n) is 4.95. The van der Waals surface area contributed by atoms with Crippen molar-refractivity contribution in [2.24, 2.45) is 0 Å². The maximum Gasteiger partial charge on any atom is 0.268 e. The quantitative estimate of drug-likeness (QED) is 0.721. The molecule has 15 heavy (non-hydrogen) atoms. The van der Waals surface area contributed by atoms with Gasteiger partial charge >= 0.3 is 0 Å². The summed E-state index contributed by atoms with van der Waals surface area (Å²) in [6, 6.07) is 1.84. The minimum atomic E-state index is -0.448. The Balaban J connectivity index is 3.37. The number of thiol groups is 1. The van der Waals surface area contributed by atoms with Gasteiger partial charge in [0.15, 0.2) is 0 Å². The van der Waals surface area contributed by atoms with Crippen LogP contribution in [0, 0.1) is 0 Å². The van der Waals surface area contributed by atoms with Crippen LogP contribution in [-0.2, 0) is 10.2 Å². The van der Waals surface area contributed by atoms with E-state index >= 15 is 0 Å². The Bertz CT molecular complexity index is 410. The van der Waals surface area contributed by atoms with Crippen LogP contribution in [-0.4, -0.2) is 10.2 Å². The largest absolute Gasteiger partial charge is 0.268 e. The number of rotatable bonds is 1. The number of H-pyrrole nitrogens is 1. The van der Waals surface area contributed by atoms with Crippen LogP contribution in [0.5, 0.6) is 0 Å². The zero-order valence-electron chi connectivity index (χ0n) is 9.88. The Morgan fingerprint density at radius 2 is 1.80 bits per heavy atom. The van der Waals surface area contributed by atoms with E-state index in [1.54, 1.807) is 0 Å². The van der Waals surface area contributed by atoms with Crippen molar-refractivity contribution in [3.05, 3.63) is 27.7 Å². The number of hydrogen-bond donors (Lipinski definition) is 2. The molecule has 4 heteroatoms. The fourth-order valence-electron chi connectivity index (χ4n) is 1.24. The average Bonchev–Trinajstić information content (AvgIpc) is 2.00. The van der Waals surface area contributed by atoms with Crippen LogP contribution in [0.3, 0.4) is 0 Å². The van der Waals surface area contributed by atoms with Crippen molar-refractivity contribution in [1.82, 2.24) is 10.2 Å². The molecule has 0 aliphatic rings. The van der Waals surface area contributed by atoms with Crippen LogP contribution in [0.1, 0.15) is 45.9 Å². The minimum absolute atomic E-state index is 0.0715. The van der Waals surface area contributed by atoms with Gasteiger partial charge in [-0.2, -0.15) is 17.7 Å². The van der Waals surface area contributed by atoms with Gasteiger partial charge in [-0.15, -0.1) is 0 Å². The highest BCUT2D eigenvalue weighted by Gasteiger charge is 2.23. The van der Waals surface area contributed by atoms with Gasteiger partial charge in [-0.1, -0.05) is 20.8 Å². The molecule has 1 N–H and O–H groups in total. The molecule has 0 bridgehead atoms. The highest BCUT2D eigenvalue weighted by molar-refractivity contribution is 7.81. The molecule has 0 atom stereocenters. The second-order valence-electron chi connectivity index (χ2n) is 5.31. The van der Waals surface area contributed by atoms with E-state index in [4.69, 9.17) is 0 Å². The lowest BCUT2D eigenvalue weighted by atomic mass is 9.90. The second-order valence-corrected chi connectivity index (χ2v) is 6.42. The van der Waals surface area contributed by atoms with Gasteiger partial charge in [-0.3, -0.25) is 4.79 Å². The van der Waals surface area contributed by atoms with E-state index in [9.17, 15) is 4.79 Å². The molecule has 0 aliphatic carbocycles. The summed E-state index contributed by atoms with van der Waals surface area (Å²) in [7, 11) is 0. The van der Waals surface area contributed by atoms with E-state index in [-0.39, 0.29) is 11.0 Å². The summed E-state index contributed by atoms with van der Waals surface area (Å²) in [5.41, 5.74) is 1.30. The lowest BCUT2D eigenvalue weighted by Crippen LogP contribution is -2.27. The summed E-state index contributed by atoms with van der Waals surface area (Å²) >= 11 is 4.41. The molecule has 0 aliphatic heterocycles. The molecule has 1 aromatic rings. The SMILES string of the molecule is CC(C)(C)c1cc(C(C)(C)S)c(=O)[nH]n1. The molecule has 0 saturated carbocycles. The lowest BCUT2D eigenvalue weighted by Gasteiger charge is -2.21. The smallest absolute Gasteiger partial charge is 0.268 e. The molecule has 0 aromatic carbocycles. The normalized spacial score (nSPS) is 12.9. The van der Waals surface area contributed by atoms with Crippen LogP contribution in [0.25, 0.3) is 0 Å². The summed E-state index contributed by atoms with van der Waals surface area (Å²) in [5, 5.41) is 6.58. The fourth-order valence-corrected chi connectivity index (χ4v) is 1.41. The van der Waals surface area contributed by atoms with Gasteiger partial charge in [0.2, 0.25) is 0 Å². The Hall–Kier alpha value is -0.770. The van der Waals surface area contributed by atoms with Crippen molar-refractivity contribution in [2.75, 3.05) is 0 Å². The Labute approximate surface area is 95.7 Å². The number of hydrogen-bond acceptors (Lipinski definition) is 3. The average molecular weight is 226 g/mol. The van der Waals surface area contributed by atoms with Gasteiger partial charge in [0, 0.05) is 15.7 Å². The highest BCUT2D eigenvalue weighted by atomic mass is 32.1. The fraction of sp³-hybridized carbons (Fsp3) is 0.636. The molecule has 0 fully saturated rings. The van der Waals surface area contributed by atoms with Crippen LogP contribution in [0.15, 0.2) is 10.9 Å². The van der Waals surface area contributed by atoms with Crippen molar-refractivity contribution in [3.8, 4) is 0 Å². The van der Waals surface area contributed by atoms with Gasteiger partial charge in [0.1, 0.15) is 0 Å². The predicted octanol–water partition coefficient (Wildman–Crippen LogP) is 2.23. The van der Waals surface area contributed by atoms with Crippen LogP contribution >= 0.6 is 12.6 Å². The molecule has 1 rings (SSSR count). The topological polar surface area (TPSA) is 45.8 Å². The number of nitrogens with one attached hydrogen (secondary N) is 1. The van der Waals surface area contributed by atoms with E-state index in [0.717, 1.165) is 5.69 Å². The summed E-state index contributed by atoms with van der Waals surface area (Å²) in [6.07, 6.45) is 0. The molecule has 0 radical (unpaired) electrons. The summed E-state index contributed by atoms with van der Waals surface area (Å²) in [4.78, 5) is 11.6. The van der Waals surface area contributed by atoms with Crippen LogP contribution in [0.2, 0.25) is 0 Å². The monoisotopic (exact) mass is 226 g/mol. The van der Waals surface area contributed by atoms with Crippen molar-refractivity contribution in [2.45, 2.75) is 44.8 Å². The lowest BCUT2D eigenvalue weighted by molar-refractivity contribution is 0.552. The minimum Gasteiger partial charge on any atom is -0.268 e. The van der Waals surface area contributed by atoms with Gasteiger partial charge in [-0.25, -0.2) is 5.10 Å². The summed E-state index contributed by atoms with van der Waals surface area (Å²) in [5.74, 6) is 0. The molecular formula is C11H18N2OS. The molecule has 1 aromatic heterocycles. The van der Waals surface area contributed by atoms with E-state index < -0.39 is 4.75 Å². The molecule has 0 amide bonds. The zero-order valence-corrected chi connectivity index (χ0v) is 10.8. The van der Waals surface area contributed by atoms with Crippen molar-refractivity contribution in [3.63, 3.8) is 0 Å². The third kappa shape index (κ3) is 2.84. The summed E-state index contributed by atoms with van der Waals surface area (Å²) in [6.45, 7) is 9.97. The predicted molar refractivity (Wildman–Crippen MR) is 65.6 cm³/mol. The molecule has 84 valence electrons. The van der Waals surface area contributed by atoms with Gasteiger partial charge in [0.05, 0.1) is 5.69 Å². The Morgan fingerprint density at radius 1 is 1.27 bits per heavy atom. The van der Waals surface area contributed by atoms with Crippen molar-refractivity contribution < 1.29 is 0 Å². The Morgan fingerprint density at radius 3 is 2.20 bits per heavy atom. The third-order valence-electron chi connectivity index (χ3n) is 2.23. The third-order valence-corrected chi connectivity index (χ3v) is 2.47. The van der Waals surface area contributed by atoms with E-state index in [1.807, 2.05) is 19.9 Å². The first kappa shape index (κ1) is 12.3. The van der Waals surface area contributed by atoms with Crippen LogP contribution in [0.4, 0.5) is 0 Å². The number of aromatic nitrogens is 2. The maximum absolute atomic E-state index is 11.6. The first-order chi connectivity index (χ1) is 6.62. The maximum atomic E-state index is 11.6. The number of nitrogens with zero attached hydrogens (tertiary/aromatic N) is 1.